The second kappa shape index (κ2) is 4.81. The minimum atomic E-state index is -0.574. The predicted molar refractivity (Wildman–Crippen MR) is 57.2 cm³/mol. The molecule has 0 aromatic rings. The number of rotatable bonds is 4. The van der Waals surface area contributed by atoms with Crippen LogP contribution < -0.4 is 0 Å². The Bertz CT molecular complexity index is 190. The van der Waals surface area contributed by atoms with E-state index < -0.39 is 5.97 Å². The zero-order chi connectivity index (χ0) is 10.6. The highest BCUT2D eigenvalue weighted by atomic mass is 16.4. The molecule has 1 fully saturated rings. The number of carboxylic acids is 1. The monoisotopic (exact) mass is 198 g/mol. The van der Waals surface area contributed by atoms with Gasteiger partial charge in [0.15, 0.2) is 0 Å². The number of carboxylic acid groups (broad SMARTS) is 1. The number of aliphatic carboxylic acids is 1. The van der Waals surface area contributed by atoms with Gasteiger partial charge in [-0.2, -0.15) is 0 Å². The number of hydrogen-bond acceptors (Lipinski definition) is 1. The van der Waals surface area contributed by atoms with E-state index in [1.54, 1.807) is 0 Å². The summed E-state index contributed by atoms with van der Waals surface area (Å²) in [5, 5.41) is 9.20. The van der Waals surface area contributed by atoms with E-state index >= 15 is 0 Å². The molecule has 1 N–H and O–H groups in total. The molecule has 1 saturated carbocycles. The molecule has 0 amide bonds. The predicted octanol–water partition coefficient (Wildman–Crippen LogP) is 3.46. The summed E-state index contributed by atoms with van der Waals surface area (Å²) in [7, 11) is 0. The lowest BCUT2D eigenvalue weighted by Crippen LogP contribution is -2.34. The van der Waals surface area contributed by atoms with Crippen LogP contribution in [0.2, 0.25) is 0 Å². The Morgan fingerprint density at radius 2 is 1.93 bits per heavy atom. The van der Waals surface area contributed by atoms with Crippen LogP contribution in [-0.2, 0) is 4.79 Å². The van der Waals surface area contributed by atoms with E-state index in [1.807, 2.05) is 6.92 Å². The Labute approximate surface area is 86.7 Å². The lowest BCUT2D eigenvalue weighted by atomic mass is 9.68. The Morgan fingerprint density at radius 1 is 1.36 bits per heavy atom. The summed E-state index contributed by atoms with van der Waals surface area (Å²) in [6.45, 7) is 4.22. The van der Waals surface area contributed by atoms with E-state index in [-0.39, 0.29) is 5.41 Å². The average molecular weight is 198 g/mol. The minimum absolute atomic E-state index is 0.385. The molecule has 0 aliphatic heterocycles. The van der Waals surface area contributed by atoms with Crippen molar-refractivity contribution in [2.75, 3.05) is 0 Å². The highest BCUT2D eigenvalue weighted by molar-refractivity contribution is 5.74. The van der Waals surface area contributed by atoms with Crippen molar-refractivity contribution in [1.29, 1.82) is 0 Å². The summed E-state index contributed by atoms with van der Waals surface area (Å²) in [4.78, 5) is 11.2. The van der Waals surface area contributed by atoms with Gasteiger partial charge in [-0.1, -0.05) is 26.7 Å². The van der Waals surface area contributed by atoms with Crippen LogP contribution in [0.25, 0.3) is 0 Å². The van der Waals surface area contributed by atoms with Gasteiger partial charge < -0.3 is 5.11 Å². The summed E-state index contributed by atoms with van der Waals surface area (Å²) in [6.07, 6.45) is 7.33. The van der Waals surface area contributed by atoms with Gasteiger partial charge in [0.1, 0.15) is 0 Å². The molecule has 0 spiro atoms. The topological polar surface area (TPSA) is 37.3 Å². The van der Waals surface area contributed by atoms with Crippen LogP contribution in [0.5, 0.6) is 0 Å². The zero-order valence-corrected chi connectivity index (χ0v) is 9.38. The lowest BCUT2D eigenvalue weighted by Gasteiger charge is -2.36. The van der Waals surface area contributed by atoms with Gasteiger partial charge in [-0.05, 0) is 38.0 Å². The Hall–Kier alpha value is -0.530. The van der Waals surface area contributed by atoms with Gasteiger partial charge in [-0.25, -0.2) is 0 Å². The van der Waals surface area contributed by atoms with Crippen molar-refractivity contribution in [3.63, 3.8) is 0 Å². The van der Waals surface area contributed by atoms with E-state index in [0.29, 0.717) is 0 Å². The Kier molecular flexibility index (Phi) is 3.97. The van der Waals surface area contributed by atoms with E-state index in [4.69, 9.17) is 0 Å². The maximum Gasteiger partial charge on any atom is 0.309 e. The van der Waals surface area contributed by atoms with Crippen molar-refractivity contribution in [2.45, 2.75) is 58.8 Å². The highest BCUT2D eigenvalue weighted by Gasteiger charge is 2.39. The van der Waals surface area contributed by atoms with Gasteiger partial charge in [0.2, 0.25) is 0 Å². The molecule has 1 rings (SSSR count). The fraction of sp³-hybridized carbons (Fsp3) is 0.917. The zero-order valence-electron chi connectivity index (χ0n) is 9.38. The average Bonchev–Trinajstić information content (AvgIpc) is 2.19. The molecule has 14 heavy (non-hydrogen) atoms. The molecule has 1 aliphatic carbocycles. The Balaban J connectivity index is 2.50. The SMILES string of the molecule is CCCC1CCC(CC)(C(=O)O)CC1. The van der Waals surface area contributed by atoms with Crippen LogP contribution in [0, 0.1) is 11.3 Å². The first-order valence-electron chi connectivity index (χ1n) is 5.88. The third kappa shape index (κ3) is 2.28. The highest BCUT2D eigenvalue weighted by Crippen LogP contribution is 2.42. The van der Waals surface area contributed by atoms with Crippen molar-refractivity contribution < 1.29 is 9.90 Å². The standard InChI is InChI=1S/C12H22O2/c1-3-5-10-6-8-12(4-2,9-7-10)11(13)14/h10H,3-9H2,1-2H3,(H,13,14). The summed E-state index contributed by atoms with van der Waals surface area (Å²) < 4.78 is 0. The molecule has 0 heterocycles. The molecule has 0 aromatic heterocycles. The molecule has 0 saturated heterocycles. The minimum Gasteiger partial charge on any atom is -0.481 e. The molecule has 0 radical (unpaired) electrons. The molecular formula is C12H22O2. The Morgan fingerprint density at radius 3 is 2.29 bits per heavy atom. The van der Waals surface area contributed by atoms with Crippen LogP contribution in [0.3, 0.4) is 0 Å². The summed E-state index contributed by atoms with van der Waals surface area (Å²) >= 11 is 0. The van der Waals surface area contributed by atoms with E-state index in [9.17, 15) is 9.90 Å². The normalized spacial score (nSPS) is 32.9. The molecule has 0 atom stereocenters. The second-order valence-corrected chi connectivity index (χ2v) is 4.67. The van der Waals surface area contributed by atoms with E-state index in [1.165, 1.54) is 12.8 Å². The van der Waals surface area contributed by atoms with Crippen LogP contribution in [0.15, 0.2) is 0 Å². The van der Waals surface area contributed by atoms with Crippen molar-refractivity contribution in [3.05, 3.63) is 0 Å². The van der Waals surface area contributed by atoms with Gasteiger partial charge in [0.25, 0.3) is 0 Å². The van der Waals surface area contributed by atoms with Gasteiger partial charge in [-0.3, -0.25) is 4.79 Å². The third-order valence-corrected chi connectivity index (χ3v) is 3.89. The maximum atomic E-state index is 11.2. The van der Waals surface area contributed by atoms with Gasteiger partial charge in [0.05, 0.1) is 5.41 Å². The fourth-order valence-electron chi connectivity index (χ4n) is 2.65. The number of carbonyl (C=O) groups is 1. The fourth-order valence-corrected chi connectivity index (χ4v) is 2.65. The second-order valence-electron chi connectivity index (χ2n) is 4.67. The quantitative estimate of drug-likeness (QED) is 0.751. The van der Waals surface area contributed by atoms with Gasteiger partial charge in [-0.15, -0.1) is 0 Å². The van der Waals surface area contributed by atoms with Gasteiger partial charge in [0, 0.05) is 0 Å². The van der Waals surface area contributed by atoms with Crippen molar-refractivity contribution in [2.24, 2.45) is 11.3 Å². The summed E-state index contributed by atoms with van der Waals surface area (Å²) in [5.74, 6) is 0.217. The summed E-state index contributed by atoms with van der Waals surface area (Å²) in [6, 6.07) is 0. The van der Waals surface area contributed by atoms with Crippen molar-refractivity contribution >= 4 is 5.97 Å². The van der Waals surface area contributed by atoms with Crippen LogP contribution in [0.1, 0.15) is 58.8 Å². The molecule has 1 aliphatic rings. The first-order valence-corrected chi connectivity index (χ1v) is 5.88. The molecule has 0 aromatic carbocycles. The van der Waals surface area contributed by atoms with Gasteiger partial charge >= 0.3 is 5.97 Å². The maximum absolute atomic E-state index is 11.2. The molecular weight excluding hydrogens is 176 g/mol. The van der Waals surface area contributed by atoms with E-state index in [2.05, 4.69) is 6.92 Å². The van der Waals surface area contributed by atoms with Crippen molar-refractivity contribution in [1.82, 2.24) is 0 Å². The largest absolute Gasteiger partial charge is 0.481 e. The van der Waals surface area contributed by atoms with Crippen LogP contribution in [-0.4, -0.2) is 11.1 Å². The molecule has 2 nitrogen and oxygen atoms in total. The molecule has 0 unspecified atom stereocenters. The molecule has 82 valence electrons. The first kappa shape index (κ1) is 11.5. The smallest absolute Gasteiger partial charge is 0.309 e. The van der Waals surface area contributed by atoms with Crippen LogP contribution in [0.4, 0.5) is 0 Å². The molecule has 2 heteroatoms. The first-order chi connectivity index (χ1) is 6.64. The van der Waals surface area contributed by atoms with Crippen molar-refractivity contribution in [3.8, 4) is 0 Å². The molecule has 0 bridgehead atoms. The van der Waals surface area contributed by atoms with E-state index in [0.717, 1.165) is 38.0 Å². The number of hydrogen-bond donors (Lipinski definition) is 1. The summed E-state index contributed by atoms with van der Waals surface area (Å²) in [5.41, 5.74) is -0.385. The lowest BCUT2D eigenvalue weighted by molar-refractivity contribution is -0.152. The van der Waals surface area contributed by atoms with Crippen LogP contribution >= 0.6 is 0 Å². The third-order valence-electron chi connectivity index (χ3n) is 3.89.